The number of sulfonamides is 1. The molecule has 0 aromatic carbocycles. The molecule has 0 aliphatic heterocycles. The maximum absolute atomic E-state index is 11.8. The summed E-state index contributed by atoms with van der Waals surface area (Å²) >= 11 is 0. The van der Waals surface area contributed by atoms with Crippen LogP contribution in [0.4, 0.5) is 0 Å². The van der Waals surface area contributed by atoms with Crippen molar-refractivity contribution in [3.63, 3.8) is 0 Å². The van der Waals surface area contributed by atoms with E-state index in [0.29, 0.717) is 18.2 Å². The topological polar surface area (TPSA) is 72.2 Å². The van der Waals surface area contributed by atoms with Crippen LogP contribution in [0.3, 0.4) is 0 Å². The summed E-state index contributed by atoms with van der Waals surface area (Å²) in [6, 6.07) is 0.104. The molecule has 1 fully saturated rings. The van der Waals surface area contributed by atoms with Crippen molar-refractivity contribution in [2.45, 2.75) is 57.9 Å². The van der Waals surface area contributed by atoms with E-state index >= 15 is 0 Å². The highest BCUT2D eigenvalue weighted by atomic mass is 32.2. The molecular formula is C12H26N2O2S. The lowest BCUT2D eigenvalue weighted by atomic mass is 9.91. The van der Waals surface area contributed by atoms with E-state index in [-0.39, 0.29) is 6.04 Å². The molecule has 4 nitrogen and oxygen atoms in total. The van der Waals surface area contributed by atoms with Gasteiger partial charge in [0.2, 0.25) is 10.0 Å². The van der Waals surface area contributed by atoms with Gasteiger partial charge in [-0.15, -0.1) is 0 Å². The molecule has 0 aromatic heterocycles. The van der Waals surface area contributed by atoms with Crippen molar-refractivity contribution in [2.24, 2.45) is 11.7 Å². The van der Waals surface area contributed by atoms with Gasteiger partial charge in [-0.25, -0.2) is 13.1 Å². The Balaban J connectivity index is 2.25. The molecule has 1 aliphatic rings. The Morgan fingerprint density at radius 3 is 2.53 bits per heavy atom. The van der Waals surface area contributed by atoms with E-state index < -0.39 is 10.0 Å². The minimum Gasteiger partial charge on any atom is -0.328 e. The molecule has 1 rings (SSSR count). The Morgan fingerprint density at radius 2 is 1.94 bits per heavy atom. The lowest BCUT2D eigenvalue weighted by Crippen LogP contribution is -2.34. The van der Waals surface area contributed by atoms with Crippen LogP contribution in [0.5, 0.6) is 0 Å². The maximum Gasteiger partial charge on any atom is 0.211 e. The Labute approximate surface area is 105 Å². The van der Waals surface area contributed by atoms with E-state index in [1.54, 1.807) is 0 Å². The number of nitrogens with two attached hydrogens (primary N) is 1. The summed E-state index contributed by atoms with van der Waals surface area (Å²) in [5.74, 6) is 0.662. The van der Waals surface area contributed by atoms with Crippen LogP contribution in [-0.2, 0) is 10.0 Å². The van der Waals surface area contributed by atoms with Gasteiger partial charge in [-0.1, -0.05) is 26.2 Å². The second-order valence-electron chi connectivity index (χ2n) is 5.14. The van der Waals surface area contributed by atoms with Gasteiger partial charge in [0.25, 0.3) is 0 Å². The molecule has 0 radical (unpaired) electrons. The first-order valence-corrected chi connectivity index (χ1v) is 8.41. The molecule has 0 heterocycles. The molecule has 1 aliphatic carbocycles. The van der Waals surface area contributed by atoms with Gasteiger partial charge < -0.3 is 5.73 Å². The molecule has 0 spiro atoms. The Morgan fingerprint density at radius 1 is 1.29 bits per heavy atom. The average molecular weight is 262 g/mol. The number of rotatable bonds is 7. The van der Waals surface area contributed by atoms with Crippen LogP contribution >= 0.6 is 0 Å². The Hall–Kier alpha value is -0.130. The molecule has 0 saturated heterocycles. The fraction of sp³-hybridized carbons (Fsp3) is 1.00. The standard InChI is InChI=1S/C12H26N2O2S/c1-2-12(13)8-9-14-17(15,16)10-11-6-4-3-5-7-11/h11-12,14H,2-10,13H2,1H3. The van der Waals surface area contributed by atoms with Gasteiger partial charge >= 0.3 is 0 Å². The second-order valence-corrected chi connectivity index (χ2v) is 6.99. The highest BCUT2D eigenvalue weighted by Crippen LogP contribution is 2.24. The lowest BCUT2D eigenvalue weighted by molar-refractivity contribution is 0.384. The van der Waals surface area contributed by atoms with Crippen LogP contribution in [0.2, 0.25) is 0 Å². The van der Waals surface area contributed by atoms with Gasteiger partial charge in [0.1, 0.15) is 0 Å². The summed E-state index contributed by atoms with van der Waals surface area (Å²) in [5.41, 5.74) is 5.75. The van der Waals surface area contributed by atoms with Crippen molar-refractivity contribution in [2.75, 3.05) is 12.3 Å². The van der Waals surface area contributed by atoms with Gasteiger partial charge in [-0.2, -0.15) is 0 Å². The van der Waals surface area contributed by atoms with Crippen molar-refractivity contribution in [1.29, 1.82) is 0 Å². The van der Waals surface area contributed by atoms with Crippen LogP contribution in [-0.4, -0.2) is 26.8 Å². The zero-order valence-electron chi connectivity index (χ0n) is 10.8. The summed E-state index contributed by atoms with van der Waals surface area (Å²) in [5, 5.41) is 0. The van der Waals surface area contributed by atoms with Crippen molar-refractivity contribution in [3.05, 3.63) is 0 Å². The van der Waals surface area contributed by atoms with E-state index in [2.05, 4.69) is 4.72 Å². The third kappa shape index (κ3) is 6.38. The molecule has 5 heteroatoms. The lowest BCUT2D eigenvalue weighted by Gasteiger charge is -2.21. The predicted octanol–water partition coefficient (Wildman–Crippen LogP) is 1.61. The summed E-state index contributed by atoms with van der Waals surface area (Å²) < 4.78 is 26.3. The summed E-state index contributed by atoms with van der Waals surface area (Å²) in [6.07, 6.45) is 7.37. The molecular weight excluding hydrogens is 236 g/mol. The molecule has 102 valence electrons. The molecule has 0 aromatic rings. The fourth-order valence-electron chi connectivity index (χ4n) is 2.33. The molecule has 17 heavy (non-hydrogen) atoms. The monoisotopic (exact) mass is 262 g/mol. The van der Waals surface area contributed by atoms with Crippen LogP contribution in [0.15, 0.2) is 0 Å². The zero-order valence-corrected chi connectivity index (χ0v) is 11.6. The van der Waals surface area contributed by atoms with E-state index in [1.165, 1.54) is 19.3 Å². The fourth-order valence-corrected chi connectivity index (χ4v) is 3.83. The minimum absolute atomic E-state index is 0.104. The highest BCUT2D eigenvalue weighted by Gasteiger charge is 2.20. The SMILES string of the molecule is CCC(N)CCNS(=O)(=O)CC1CCCCC1. The first-order valence-electron chi connectivity index (χ1n) is 6.76. The zero-order chi connectivity index (χ0) is 12.7. The average Bonchev–Trinajstić information content (AvgIpc) is 2.29. The van der Waals surface area contributed by atoms with Crippen molar-refractivity contribution >= 4 is 10.0 Å². The van der Waals surface area contributed by atoms with Crippen LogP contribution in [0.1, 0.15) is 51.9 Å². The number of nitrogens with one attached hydrogen (secondary N) is 1. The van der Waals surface area contributed by atoms with Crippen molar-refractivity contribution in [1.82, 2.24) is 4.72 Å². The largest absolute Gasteiger partial charge is 0.328 e. The van der Waals surface area contributed by atoms with Gasteiger partial charge in [0.15, 0.2) is 0 Å². The van der Waals surface area contributed by atoms with E-state index in [1.807, 2.05) is 6.92 Å². The van der Waals surface area contributed by atoms with Gasteiger partial charge in [-0.3, -0.25) is 0 Å². The van der Waals surface area contributed by atoms with Crippen LogP contribution in [0.25, 0.3) is 0 Å². The van der Waals surface area contributed by atoms with Crippen molar-refractivity contribution < 1.29 is 8.42 Å². The number of hydrogen-bond acceptors (Lipinski definition) is 3. The Bertz CT molecular complexity index is 298. The quantitative estimate of drug-likeness (QED) is 0.732. The van der Waals surface area contributed by atoms with Crippen molar-refractivity contribution in [3.8, 4) is 0 Å². The predicted molar refractivity (Wildman–Crippen MR) is 71.2 cm³/mol. The van der Waals surface area contributed by atoms with E-state index in [0.717, 1.165) is 25.7 Å². The number of hydrogen-bond donors (Lipinski definition) is 2. The van der Waals surface area contributed by atoms with E-state index in [9.17, 15) is 8.42 Å². The molecule has 3 N–H and O–H groups in total. The summed E-state index contributed by atoms with van der Waals surface area (Å²) in [4.78, 5) is 0. The van der Waals surface area contributed by atoms with Gasteiger partial charge in [0.05, 0.1) is 5.75 Å². The normalized spacial score (nSPS) is 20.4. The maximum atomic E-state index is 11.8. The Kier molecular flexibility index (Phi) is 6.44. The summed E-state index contributed by atoms with van der Waals surface area (Å²) in [7, 11) is -3.09. The smallest absolute Gasteiger partial charge is 0.211 e. The highest BCUT2D eigenvalue weighted by molar-refractivity contribution is 7.89. The first kappa shape index (κ1) is 14.9. The molecule has 0 bridgehead atoms. The van der Waals surface area contributed by atoms with Gasteiger partial charge in [0, 0.05) is 12.6 Å². The third-order valence-electron chi connectivity index (χ3n) is 3.54. The van der Waals surface area contributed by atoms with Crippen LogP contribution < -0.4 is 10.5 Å². The third-order valence-corrected chi connectivity index (χ3v) is 5.10. The minimum atomic E-state index is -3.09. The van der Waals surface area contributed by atoms with Crippen LogP contribution in [0, 0.1) is 5.92 Å². The molecule has 1 atom stereocenters. The summed E-state index contributed by atoms with van der Waals surface area (Å²) in [6.45, 7) is 2.49. The molecule has 1 unspecified atom stereocenters. The first-order chi connectivity index (χ1) is 8.03. The molecule has 0 amide bonds. The van der Waals surface area contributed by atoms with Gasteiger partial charge in [-0.05, 0) is 31.6 Å². The molecule has 1 saturated carbocycles. The van der Waals surface area contributed by atoms with E-state index in [4.69, 9.17) is 5.73 Å². The second kappa shape index (κ2) is 7.34.